The normalized spacial score (nSPS) is 12.4. The van der Waals surface area contributed by atoms with Crippen molar-refractivity contribution in [2.45, 2.75) is 19.3 Å². The predicted octanol–water partition coefficient (Wildman–Crippen LogP) is 5.69. The lowest BCUT2D eigenvalue weighted by Crippen LogP contribution is -2.22. The molecule has 1 unspecified atom stereocenters. The molecule has 0 fully saturated rings. The molecule has 2 aromatic rings. The second-order valence-electron chi connectivity index (χ2n) is 5.00. The maximum absolute atomic E-state index is 6.30. The average Bonchev–Trinajstić information content (AvgIpc) is 2.48. The molecule has 1 atom stereocenters. The minimum absolute atomic E-state index is 0.369. The fraction of sp³-hybridized carbons (Fsp3) is 0.294. The smallest absolute Gasteiger partial charge is 0.0439 e. The minimum Gasteiger partial charge on any atom is -0.316 e. The molecule has 0 saturated carbocycles. The summed E-state index contributed by atoms with van der Waals surface area (Å²) in [5, 5.41) is 4.93. The van der Waals surface area contributed by atoms with Gasteiger partial charge in [-0.05, 0) is 54.4 Å². The molecule has 4 heteroatoms. The highest BCUT2D eigenvalue weighted by Crippen LogP contribution is 2.28. The van der Waals surface area contributed by atoms with Gasteiger partial charge in [0.2, 0.25) is 0 Å². The molecule has 2 aromatic carbocycles. The Labute approximate surface area is 144 Å². The van der Waals surface area contributed by atoms with Crippen molar-refractivity contribution in [2.24, 2.45) is 0 Å². The molecular formula is C17H18BrCl2N. The Balaban J connectivity index is 2.23. The lowest BCUT2D eigenvalue weighted by atomic mass is 9.92. The monoisotopic (exact) mass is 385 g/mol. The lowest BCUT2D eigenvalue weighted by Gasteiger charge is -2.19. The molecule has 0 aliphatic heterocycles. The largest absolute Gasteiger partial charge is 0.316 e. The number of hydrogen-bond donors (Lipinski definition) is 1. The molecule has 0 heterocycles. The molecule has 1 N–H and O–H groups in total. The van der Waals surface area contributed by atoms with E-state index in [0.717, 1.165) is 39.6 Å². The quantitative estimate of drug-likeness (QED) is 0.672. The van der Waals surface area contributed by atoms with E-state index in [9.17, 15) is 0 Å². The molecule has 0 amide bonds. The zero-order chi connectivity index (χ0) is 15.2. The summed E-state index contributed by atoms with van der Waals surface area (Å²) in [7, 11) is 0. The Hall–Kier alpha value is -0.540. The van der Waals surface area contributed by atoms with Crippen LogP contribution in [0.25, 0.3) is 0 Å². The second kappa shape index (κ2) is 8.19. The zero-order valence-electron chi connectivity index (χ0n) is 11.9. The average molecular weight is 387 g/mol. The van der Waals surface area contributed by atoms with E-state index in [4.69, 9.17) is 23.2 Å². The number of nitrogens with one attached hydrogen (secondary N) is 1. The first kappa shape index (κ1) is 16.8. The van der Waals surface area contributed by atoms with E-state index in [1.807, 2.05) is 18.2 Å². The fourth-order valence-corrected chi connectivity index (χ4v) is 2.98. The van der Waals surface area contributed by atoms with Crippen LogP contribution in [0.5, 0.6) is 0 Å². The van der Waals surface area contributed by atoms with Crippen molar-refractivity contribution in [1.82, 2.24) is 5.32 Å². The van der Waals surface area contributed by atoms with Crippen LogP contribution in [0.3, 0.4) is 0 Å². The summed E-state index contributed by atoms with van der Waals surface area (Å²) in [6.45, 7) is 3.99. The Bertz CT molecular complexity index is 584. The summed E-state index contributed by atoms with van der Waals surface area (Å²) < 4.78 is 1.09. The van der Waals surface area contributed by atoms with Crippen molar-refractivity contribution in [3.8, 4) is 0 Å². The Kier molecular flexibility index (Phi) is 6.56. The zero-order valence-corrected chi connectivity index (χ0v) is 15.0. The second-order valence-corrected chi connectivity index (χ2v) is 6.76. The molecule has 0 aromatic heterocycles. The van der Waals surface area contributed by atoms with Gasteiger partial charge in [0.1, 0.15) is 0 Å². The highest BCUT2D eigenvalue weighted by atomic mass is 79.9. The van der Waals surface area contributed by atoms with Gasteiger partial charge in [-0.25, -0.2) is 0 Å². The van der Waals surface area contributed by atoms with Crippen molar-refractivity contribution in [2.75, 3.05) is 13.1 Å². The van der Waals surface area contributed by atoms with E-state index in [2.05, 4.69) is 52.4 Å². The van der Waals surface area contributed by atoms with E-state index in [1.165, 1.54) is 5.56 Å². The standard InChI is InChI=1S/C17H18BrCl2N/c1-2-21-11-14(12-3-5-15(18)6-4-12)9-13-10-16(19)7-8-17(13)20/h3-8,10,14,21H,2,9,11H2,1H3. The van der Waals surface area contributed by atoms with Crippen molar-refractivity contribution in [3.63, 3.8) is 0 Å². The molecule has 0 saturated heterocycles. The van der Waals surface area contributed by atoms with Crippen molar-refractivity contribution < 1.29 is 0 Å². The Morgan fingerprint density at radius 2 is 1.81 bits per heavy atom. The molecule has 0 aliphatic rings. The Morgan fingerprint density at radius 3 is 2.48 bits per heavy atom. The van der Waals surface area contributed by atoms with E-state index in [1.54, 1.807) is 0 Å². The maximum Gasteiger partial charge on any atom is 0.0439 e. The van der Waals surface area contributed by atoms with E-state index >= 15 is 0 Å². The molecule has 0 spiro atoms. The maximum atomic E-state index is 6.30. The molecular weight excluding hydrogens is 369 g/mol. The third-order valence-corrected chi connectivity index (χ3v) is 4.59. The summed E-state index contributed by atoms with van der Waals surface area (Å²) in [5.41, 5.74) is 2.39. The first-order chi connectivity index (χ1) is 10.1. The Morgan fingerprint density at radius 1 is 1.10 bits per heavy atom. The van der Waals surface area contributed by atoms with Crippen LogP contribution in [0, 0.1) is 0 Å². The van der Waals surface area contributed by atoms with Crippen LogP contribution >= 0.6 is 39.1 Å². The van der Waals surface area contributed by atoms with Crippen LogP contribution < -0.4 is 5.32 Å². The van der Waals surface area contributed by atoms with Gasteiger partial charge < -0.3 is 5.32 Å². The number of rotatable bonds is 6. The van der Waals surface area contributed by atoms with Crippen LogP contribution in [0.4, 0.5) is 0 Å². The van der Waals surface area contributed by atoms with Gasteiger partial charge in [-0.2, -0.15) is 0 Å². The number of benzene rings is 2. The minimum atomic E-state index is 0.369. The highest BCUT2D eigenvalue weighted by Gasteiger charge is 2.14. The van der Waals surface area contributed by atoms with Gasteiger partial charge in [-0.3, -0.25) is 0 Å². The fourth-order valence-electron chi connectivity index (χ4n) is 2.33. The van der Waals surface area contributed by atoms with E-state index < -0.39 is 0 Å². The molecule has 0 radical (unpaired) electrons. The third kappa shape index (κ3) is 5.00. The van der Waals surface area contributed by atoms with Crippen LogP contribution in [0.15, 0.2) is 46.9 Å². The lowest BCUT2D eigenvalue weighted by molar-refractivity contribution is 0.595. The van der Waals surface area contributed by atoms with Crippen molar-refractivity contribution >= 4 is 39.1 Å². The van der Waals surface area contributed by atoms with Crippen LogP contribution in [-0.2, 0) is 6.42 Å². The summed E-state index contributed by atoms with van der Waals surface area (Å²) in [6.07, 6.45) is 0.869. The first-order valence-electron chi connectivity index (χ1n) is 7.00. The molecule has 0 aliphatic carbocycles. The van der Waals surface area contributed by atoms with Gasteiger partial charge >= 0.3 is 0 Å². The van der Waals surface area contributed by atoms with Gasteiger partial charge in [0.25, 0.3) is 0 Å². The molecule has 21 heavy (non-hydrogen) atoms. The SMILES string of the molecule is CCNCC(Cc1cc(Cl)ccc1Cl)c1ccc(Br)cc1. The number of likely N-dealkylation sites (N-methyl/N-ethyl adjacent to an activating group) is 1. The summed E-state index contributed by atoms with van der Waals surface area (Å²) >= 11 is 15.9. The summed E-state index contributed by atoms with van der Waals surface area (Å²) in [5.74, 6) is 0.369. The molecule has 112 valence electrons. The van der Waals surface area contributed by atoms with Crippen LogP contribution in [0.2, 0.25) is 10.0 Å². The number of halogens is 3. The molecule has 1 nitrogen and oxygen atoms in total. The van der Waals surface area contributed by atoms with E-state index in [-0.39, 0.29) is 0 Å². The van der Waals surface area contributed by atoms with E-state index in [0.29, 0.717) is 5.92 Å². The predicted molar refractivity (Wildman–Crippen MR) is 95.6 cm³/mol. The van der Waals surface area contributed by atoms with Gasteiger partial charge in [-0.15, -0.1) is 0 Å². The first-order valence-corrected chi connectivity index (χ1v) is 8.55. The van der Waals surface area contributed by atoms with Gasteiger partial charge in [0, 0.05) is 27.0 Å². The van der Waals surface area contributed by atoms with Gasteiger partial charge in [-0.1, -0.05) is 58.2 Å². The van der Waals surface area contributed by atoms with Crippen LogP contribution in [0.1, 0.15) is 24.0 Å². The topological polar surface area (TPSA) is 12.0 Å². The molecule has 0 bridgehead atoms. The summed E-state index contributed by atoms with van der Waals surface area (Å²) in [6, 6.07) is 14.1. The van der Waals surface area contributed by atoms with Gasteiger partial charge in [0.05, 0.1) is 0 Å². The molecule has 2 rings (SSSR count). The number of hydrogen-bond acceptors (Lipinski definition) is 1. The van der Waals surface area contributed by atoms with Crippen molar-refractivity contribution in [3.05, 3.63) is 68.1 Å². The van der Waals surface area contributed by atoms with Crippen molar-refractivity contribution in [1.29, 1.82) is 0 Å². The summed E-state index contributed by atoms with van der Waals surface area (Å²) in [4.78, 5) is 0. The van der Waals surface area contributed by atoms with Gasteiger partial charge in [0.15, 0.2) is 0 Å². The highest BCUT2D eigenvalue weighted by molar-refractivity contribution is 9.10. The third-order valence-electron chi connectivity index (χ3n) is 3.46. The van der Waals surface area contributed by atoms with Crippen LogP contribution in [-0.4, -0.2) is 13.1 Å².